The SMILES string of the molecule is COc1ccc(CC(N)c2ccc(C)nc2)cc1. The zero-order chi connectivity index (χ0) is 13.0. The van der Waals surface area contributed by atoms with Gasteiger partial charge in [-0.2, -0.15) is 0 Å². The van der Waals surface area contributed by atoms with Gasteiger partial charge in [-0.3, -0.25) is 4.98 Å². The molecule has 0 aliphatic heterocycles. The molecule has 0 fully saturated rings. The van der Waals surface area contributed by atoms with E-state index in [2.05, 4.69) is 4.98 Å². The first-order chi connectivity index (χ1) is 8.69. The van der Waals surface area contributed by atoms with Crippen LogP contribution < -0.4 is 10.5 Å². The zero-order valence-corrected chi connectivity index (χ0v) is 10.8. The summed E-state index contributed by atoms with van der Waals surface area (Å²) >= 11 is 0. The quantitative estimate of drug-likeness (QED) is 0.896. The number of pyridine rings is 1. The van der Waals surface area contributed by atoms with Crippen molar-refractivity contribution >= 4 is 0 Å². The van der Waals surface area contributed by atoms with Gasteiger partial charge in [0.2, 0.25) is 0 Å². The molecule has 0 saturated heterocycles. The van der Waals surface area contributed by atoms with Crippen LogP contribution in [0.4, 0.5) is 0 Å². The largest absolute Gasteiger partial charge is 0.497 e. The van der Waals surface area contributed by atoms with Crippen molar-refractivity contribution in [2.75, 3.05) is 7.11 Å². The van der Waals surface area contributed by atoms with Crippen LogP contribution in [-0.4, -0.2) is 12.1 Å². The summed E-state index contributed by atoms with van der Waals surface area (Å²) in [5.74, 6) is 0.865. The Hall–Kier alpha value is -1.87. The van der Waals surface area contributed by atoms with Gasteiger partial charge in [0.05, 0.1) is 7.11 Å². The number of hydrogen-bond donors (Lipinski definition) is 1. The highest BCUT2D eigenvalue weighted by atomic mass is 16.5. The molecule has 1 aromatic carbocycles. The van der Waals surface area contributed by atoms with Crippen molar-refractivity contribution < 1.29 is 4.74 Å². The monoisotopic (exact) mass is 242 g/mol. The van der Waals surface area contributed by atoms with Crippen LogP contribution in [0.3, 0.4) is 0 Å². The second-order valence-electron chi connectivity index (χ2n) is 4.39. The van der Waals surface area contributed by atoms with Crippen LogP contribution in [0.2, 0.25) is 0 Å². The van der Waals surface area contributed by atoms with Gasteiger partial charge in [-0.1, -0.05) is 18.2 Å². The van der Waals surface area contributed by atoms with Crippen LogP contribution >= 0.6 is 0 Å². The van der Waals surface area contributed by atoms with Crippen molar-refractivity contribution in [1.82, 2.24) is 4.98 Å². The predicted octanol–water partition coefficient (Wildman–Crippen LogP) is 2.64. The van der Waals surface area contributed by atoms with Gasteiger partial charge in [-0.05, 0) is 42.7 Å². The Kier molecular flexibility index (Phi) is 3.95. The topological polar surface area (TPSA) is 48.1 Å². The van der Waals surface area contributed by atoms with E-state index in [0.717, 1.165) is 23.4 Å². The molecule has 2 aromatic rings. The summed E-state index contributed by atoms with van der Waals surface area (Å²) in [6.45, 7) is 1.97. The number of benzene rings is 1. The molecule has 1 heterocycles. The normalized spacial score (nSPS) is 12.2. The maximum Gasteiger partial charge on any atom is 0.118 e. The van der Waals surface area contributed by atoms with Crippen LogP contribution in [-0.2, 0) is 6.42 Å². The first-order valence-electron chi connectivity index (χ1n) is 6.00. The van der Waals surface area contributed by atoms with Gasteiger partial charge in [0.1, 0.15) is 5.75 Å². The first kappa shape index (κ1) is 12.6. The molecule has 18 heavy (non-hydrogen) atoms. The average molecular weight is 242 g/mol. The molecule has 3 nitrogen and oxygen atoms in total. The molecule has 2 N–H and O–H groups in total. The Morgan fingerprint density at radius 2 is 1.89 bits per heavy atom. The van der Waals surface area contributed by atoms with E-state index in [0.29, 0.717) is 0 Å². The second-order valence-corrected chi connectivity index (χ2v) is 4.39. The van der Waals surface area contributed by atoms with E-state index in [1.807, 2.05) is 49.5 Å². The molecular weight excluding hydrogens is 224 g/mol. The second kappa shape index (κ2) is 5.65. The van der Waals surface area contributed by atoms with Gasteiger partial charge >= 0.3 is 0 Å². The van der Waals surface area contributed by atoms with Gasteiger partial charge in [-0.15, -0.1) is 0 Å². The molecule has 2 rings (SSSR count). The van der Waals surface area contributed by atoms with E-state index in [9.17, 15) is 0 Å². The number of hydrogen-bond acceptors (Lipinski definition) is 3. The minimum atomic E-state index is -0.0218. The fourth-order valence-corrected chi connectivity index (χ4v) is 1.83. The number of nitrogens with two attached hydrogens (primary N) is 1. The fraction of sp³-hybridized carbons (Fsp3) is 0.267. The lowest BCUT2D eigenvalue weighted by Crippen LogP contribution is -2.13. The van der Waals surface area contributed by atoms with Gasteiger partial charge in [0.25, 0.3) is 0 Å². The van der Waals surface area contributed by atoms with Gasteiger partial charge in [0, 0.05) is 17.9 Å². The van der Waals surface area contributed by atoms with Crippen LogP contribution in [0, 0.1) is 6.92 Å². The van der Waals surface area contributed by atoms with E-state index in [-0.39, 0.29) is 6.04 Å². The molecular formula is C15H18N2O. The van der Waals surface area contributed by atoms with E-state index in [1.165, 1.54) is 5.56 Å². The van der Waals surface area contributed by atoms with Crippen LogP contribution in [0.1, 0.15) is 22.9 Å². The number of rotatable bonds is 4. The Morgan fingerprint density at radius 3 is 2.44 bits per heavy atom. The van der Waals surface area contributed by atoms with Crippen LogP contribution in [0.15, 0.2) is 42.6 Å². The number of methoxy groups -OCH3 is 1. The molecule has 0 bridgehead atoms. The highest BCUT2D eigenvalue weighted by Gasteiger charge is 2.07. The molecule has 1 aromatic heterocycles. The molecule has 3 heteroatoms. The standard InChI is InChI=1S/C15H18N2O/c1-11-3-6-13(10-17-11)15(16)9-12-4-7-14(18-2)8-5-12/h3-8,10,15H,9,16H2,1-2H3. The van der Waals surface area contributed by atoms with Crippen LogP contribution in [0.5, 0.6) is 5.75 Å². The molecule has 0 saturated carbocycles. The summed E-state index contributed by atoms with van der Waals surface area (Å²) in [6.07, 6.45) is 2.65. The first-order valence-corrected chi connectivity index (χ1v) is 6.00. The summed E-state index contributed by atoms with van der Waals surface area (Å²) in [4.78, 5) is 4.27. The smallest absolute Gasteiger partial charge is 0.118 e. The highest BCUT2D eigenvalue weighted by Crippen LogP contribution is 2.18. The van der Waals surface area contributed by atoms with Crippen molar-refractivity contribution in [3.05, 3.63) is 59.4 Å². The zero-order valence-electron chi connectivity index (χ0n) is 10.8. The van der Waals surface area contributed by atoms with Gasteiger partial charge in [0.15, 0.2) is 0 Å². The molecule has 1 unspecified atom stereocenters. The van der Waals surface area contributed by atoms with Gasteiger partial charge in [-0.25, -0.2) is 0 Å². The number of aryl methyl sites for hydroxylation is 1. The van der Waals surface area contributed by atoms with E-state index >= 15 is 0 Å². The molecule has 0 radical (unpaired) electrons. The highest BCUT2D eigenvalue weighted by molar-refractivity contribution is 5.29. The Balaban J connectivity index is 2.05. The lowest BCUT2D eigenvalue weighted by molar-refractivity contribution is 0.414. The number of ether oxygens (including phenoxy) is 1. The third-order valence-corrected chi connectivity index (χ3v) is 2.98. The van der Waals surface area contributed by atoms with Crippen molar-refractivity contribution in [2.45, 2.75) is 19.4 Å². The predicted molar refractivity (Wildman–Crippen MR) is 72.6 cm³/mol. The van der Waals surface area contributed by atoms with Crippen molar-refractivity contribution in [1.29, 1.82) is 0 Å². The molecule has 1 atom stereocenters. The average Bonchev–Trinajstić information content (AvgIpc) is 2.40. The third kappa shape index (κ3) is 3.08. The van der Waals surface area contributed by atoms with Crippen molar-refractivity contribution in [2.24, 2.45) is 5.73 Å². The Bertz CT molecular complexity index is 491. The Morgan fingerprint density at radius 1 is 1.17 bits per heavy atom. The van der Waals surface area contributed by atoms with E-state index in [4.69, 9.17) is 10.5 Å². The molecule has 94 valence electrons. The summed E-state index contributed by atoms with van der Waals surface area (Å²) in [5.41, 5.74) is 9.45. The molecule has 0 amide bonds. The minimum Gasteiger partial charge on any atom is -0.497 e. The maximum atomic E-state index is 6.18. The lowest BCUT2D eigenvalue weighted by Gasteiger charge is -2.12. The van der Waals surface area contributed by atoms with Crippen LogP contribution in [0.25, 0.3) is 0 Å². The third-order valence-electron chi connectivity index (χ3n) is 2.98. The summed E-state index contributed by atoms with van der Waals surface area (Å²) in [7, 11) is 1.67. The Labute approximate surface area is 108 Å². The van der Waals surface area contributed by atoms with Crippen molar-refractivity contribution in [3.8, 4) is 5.75 Å². The van der Waals surface area contributed by atoms with E-state index < -0.39 is 0 Å². The fourth-order valence-electron chi connectivity index (χ4n) is 1.83. The maximum absolute atomic E-state index is 6.18. The summed E-state index contributed by atoms with van der Waals surface area (Å²) in [5, 5.41) is 0. The molecule has 0 aliphatic rings. The number of nitrogens with zero attached hydrogens (tertiary/aromatic N) is 1. The number of aromatic nitrogens is 1. The van der Waals surface area contributed by atoms with Crippen molar-refractivity contribution in [3.63, 3.8) is 0 Å². The molecule has 0 aliphatic carbocycles. The summed E-state index contributed by atoms with van der Waals surface area (Å²) in [6, 6.07) is 12.0. The molecule has 0 spiro atoms. The summed E-state index contributed by atoms with van der Waals surface area (Å²) < 4.78 is 5.13. The lowest BCUT2D eigenvalue weighted by atomic mass is 10.0. The van der Waals surface area contributed by atoms with Gasteiger partial charge < -0.3 is 10.5 Å². The minimum absolute atomic E-state index is 0.0218. The van der Waals surface area contributed by atoms with E-state index in [1.54, 1.807) is 7.11 Å².